The highest BCUT2D eigenvalue weighted by atomic mass is 19.1. The lowest BCUT2D eigenvalue weighted by Crippen LogP contribution is -2.16. The number of carbonyl (C=O) groups is 2. The van der Waals surface area contributed by atoms with E-state index in [1.54, 1.807) is 42.5 Å². The number of anilines is 2. The highest BCUT2D eigenvalue weighted by molar-refractivity contribution is 6.08. The van der Waals surface area contributed by atoms with Gasteiger partial charge in [-0.05, 0) is 48.5 Å². The Labute approximate surface area is 155 Å². The van der Waals surface area contributed by atoms with Crippen LogP contribution in [0.4, 0.5) is 15.8 Å². The van der Waals surface area contributed by atoms with Crippen molar-refractivity contribution in [2.24, 2.45) is 0 Å². The molecule has 3 aromatic rings. The Morgan fingerprint density at radius 3 is 2.19 bits per heavy atom. The Balaban J connectivity index is 1.76. The second-order valence-corrected chi connectivity index (χ2v) is 5.66. The molecule has 0 saturated heterocycles. The van der Waals surface area contributed by atoms with Crippen molar-refractivity contribution in [3.63, 3.8) is 0 Å². The summed E-state index contributed by atoms with van der Waals surface area (Å²) >= 11 is 0. The van der Waals surface area contributed by atoms with Gasteiger partial charge >= 0.3 is 0 Å². The molecule has 0 aliphatic rings. The topological polar surface area (TPSA) is 82.0 Å². The second-order valence-electron chi connectivity index (χ2n) is 5.66. The van der Waals surface area contributed by atoms with E-state index in [9.17, 15) is 14.0 Å². The number of nitrogens with one attached hydrogen (secondary N) is 2. The number of hydrogen-bond acceptors (Lipinski definition) is 3. The Bertz CT molecular complexity index is 1060. The summed E-state index contributed by atoms with van der Waals surface area (Å²) in [5.41, 5.74) is 1.44. The SMILES string of the molecule is N#Cc1cccc(NC(=O)c2cccc(C(=O)Nc3ccccc3F)c2)c1. The van der Waals surface area contributed by atoms with Gasteiger partial charge in [0.15, 0.2) is 0 Å². The maximum atomic E-state index is 13.7. The molecular weight excluding hydrogens is 345 g/mol. The lowest BCUT2D eigenvalue weighted by Gasteiger charge is -2.09. The first-order valence-electron chi connectivity index (χ1n) is 8.04. The van der Waals surface area contributed by atoms with Crippen LogP contribution in [0.1, 0.15) is 26.3 Å². The number of rotatable bonds is 4. The first-order chi connectivity index (χ1) is 13.1. The molecule has 0 unspecified atom stereocenters. The fourth-order valence-corrected chi connectivity index (χ4v) is 2.43. The fourth-order valence-electron chi connectivity index (χ4n) is 2.43. The summed E-state index contributed by atoms with van der Waals surface area (Å²) in [6.45, 7) is 0. The summed E-state index contributed by atoms with van der Waals surface area (Å²) in [5.74, 6) is -1.50. The minimum Gasteiger partial charge on any atom is -0.322 e. The van der Waals surface area contributed by atoms with Gasteiger partial charge in [-0.25, -0.2) is 4.39 Å². The number of carbonyl (C=O) groups excluding carboxylic acids is 2. The van der Waals surface area contributed by atoms with Crippen molar-refractivity contribution in [2.45, 2.75) is 0 Å². The molecule has 2 amide bonds. The molecule has 0 aliphatic heterocycles. The van der Waals surface area contributed by atoms with Crippen LogP contribution in [0.15, 0.2) is 72.8 Å². The van der Waals surface area contributed by atoms with E-state index >= 15 is 0 Å². The van der Waals surface area contributed by atoms with Gasteiger partial charge in [-0.15, -0.1) is 0 Å². The highest BCUT2D eigenvalue weighted by Gasteiger charge is 2.12. The molecule has 6 heteroatoms. The number of amides is 2. The molecule has 0 atom stereocenters. The number of hydrogen-bond donors (Lipinski definition) is 2. The monoisotopic (exact) mass is 359 g/mol. The van der Waals surface area contributed by atoms with Gasteiger partial charge in [-0.1, -0.05) is 24.3 Å². The maximum Gasteiger partial charge on any atom is 0.255 e. The van der Waals surface area contributed by atoms with Gasteiger partial charge in [0.25, 0.3) is 11.8 Å². The van der Waals surface area contributed by atoms with E-state index < -0.39 is 17.6 Å². The van der Waals surface area contributed by atoms with E-state index in [2.05, 4.69) is 10.6 Å². The molecule has 0 saturated carbocycles. The number of nitriles is 1. The third-order valence-electron chi connectivity index (χ3n) is 3.76. The van der Waals surface area contributed by atoms with Gasteiger partial charge in [-0.2, -0.15) is 5.26 Å². The normalized spacial score (nSPS) is 9.93. The van der Waals surface area contributed by atoms with E-state index in [0.29, 0.717) is 11.3 Å². The van der Waals surface area contributed by atoms with Crippen molar-refractivity contribution in [1.29, 1.82) is 5.26 Å². The molecule has 5 nitrogen and oxygen atoms in total. The second kappa shape index (κ2) is 7.93. The van der Waals surface area contributed by atoms with Crippen LogP contribution in [0.2, 0.25) is 0 Å². The largest absolute Gasteiger partial charge is 0.322 e. The lowest BCUT2D eigenvalue weighted by atomic mass is 10.1. The van der Waals surface area contributed by atoms with Crippen molar-refractivity contribution >= 4 is 23.2 Å². The summed E-state index contributed by atoms with van der Waals surface area (Å²) in [6.07, 6.45) is 0. The van der Waals surface area contributed by atoms with Crippen LogP contribution in [0.5, 0.6) is 0 Å². The highest BCUT2D eigenvalue weighted by Crippen LogP contribution is 2.16. The van der Waals surface area contributed by atoms with Crippen molar-refractivity contribution < 1.29 is 14.0 Å². The Morgan fingerprint density at radius 2 is 1.48 bits per heavy atom. The van der Waals surface area contributed by atoms with E-state index in [1.165, 1.54) is 30.3 Å². The lowest BCUT2D eigenvalue weighted by molar-refractivity contribution is 0.102. The van der Waals surface area contributed by atoms with Gasteiger partial charge in [0.2, 0.25) is 0 Å². The van der Waals surface area contributed by atoms with E-state index in [1.807, 2.05) is 6.07 Å². The average molecular weight is 359 g/mol. The minimum absolute atomic E-state index is 0.0608. The van der Waals surface area contributed by atoms with Crippen LogP contribution < -0.4 is 10.6 Å². The smallest absolute Gasteiger partial charge is 0.255 e. The minimum atomic E-state index is -0.544. The van der Waals surface area contributed by atoms with Gasteiger partial charge in [0, 0.05) is 16.8 Å². The number of nitrogens with zero attached hydrogens (tertiary/aromatic N) is 1. The van der Waals surface area contributed by atoms with E-state index in [-0.39, 0.29) is 16.8 Å². The van der Waals surface area contributed by atoms with Crippen LogP contribution in [-0.2, 0) is 0 Å². The number of para-hydroxylation sites is 1. The predicted molar refractivity (Wildman–Crippen MR) is 99.9 cm³/mol. The molecule has 3 rings (SSSR count). The quantitative estimate of drug-likeness (QED) is 0.732. The van der Waals surface area contributed by atoms with Crippen LogP contribution >= 0.6 is 0 Å². The summed E-state index contributed by atoms with van der Waals surface area (Å²) in [6, 6.07) is 20.4. The van der Waals surface area contributed by atoms with Crippen molar-refractivity contribution in [3.8, 4) is 6.07 Å². The van der Waals surface area contributed by atoms with Gasteiger partial charge in [-0.3, -0.25) is 9.59 Å². The van der Waals surface area contributed by atoms with Gasteiger partial charge in [0.1, 0.15) is 5.82 Å². The number of halogens is 1. The molecule has 0 bridgehead atoms. The van der Waals surface area contributed by atoms with E-state index in [0.717, 1.165) is 0 Å². The van der Waals surface area contributed by atoms with Crippen LogP contribution in [0, 0.1) is 17.1 Å². The Morgan fingerprint density at radius 1 is 0.815 bits per heavy atom. The first-order valence-corrected chi connectivity index (χ1v) is 8.04. The maximum absolute atomic E-state index is 13.7. The molecule has 0 aliphatic carbocycles. The molecule has 0 heterocycles. The third kappa shape index (κ3) is 4.35. The molecule has 27 heavy (non-hydrogen) atoms. The van der Waals surface area contributed by atoms with Gasteiger partial charge in [0.05, 0.1) is 17.3 Å². The predicted octanol–water partition coefficient (Wildman–Crippen LogP) is 4.20. The molecule has 132 valence electrons. The summed E-state index contributed by atoms with van der Waals surface area (Å²) in [4.78, 5) is 24.8. The van der Waals surface area contributed by atoms with Crippen LogP contribution in [0.3, 0.4) is 0 Å². The average Bonchev–Trinajstić information content (AvgIpc) is 2.70. The van der Waals surface area contributed by atoms with Crippen molar-refractivity contribution in [2.75, 3.05) is 10.6 Å². The first kappa shape index (κ1) is 17.8. The number of benzene rings is 3. The standard InChI is InChI=1S/C21H14FN3O2/c22-18-9-1-2-10-19(18)25-21(27)16-7-4-6-15(12-16)20(26)24-17-8-3-5-14(11-17)13-23/h1-12H,(H,24,26)(H,25,27). The summed E-state index contributed by atoms with van der Waals surface area (Å²) < 4.78 is 13.7. The summed E-state index contributed by atoms with van der Waals surface area (Å²) in [7, 11) is 0. The molecule has 0 fully saturated rings. The Kier molecular flexibility index (Phi) is 5.24. The van der Waals surface area contributed by atoms with Crippen LogP contribution in [0.25, 0.3) is 0 Å². The fraction of sp³-hybridized carbons (Fsp3) is 0. The molecule has 3 aromatic carbocycles. The molecule has 0 aromatic heterocycles. The third-order valence-corrected chi connectivity index (χ3v) is 3.76. The van der Waals surface area contributed by atoms with Crippen LogP contribution in [-0.4, -0.2) is 11.8 Å². The molecule has 2 N–H and O–H groups in total. The zero-order valence-electron chi connectivity index (χ0n) is 14.1. The summed E-state index contributed by atoms with van der Waals surface area (Å²) in [5, 5.41) is 14.1. The Hall–Kier alpha value is -3.98. The molecule has 0 spiro atoms. The zero-order chi connectivity index (χ0) is 19.2. The molecular formula is C21H14FN3O2. The van der Waals surface area contributed by atoms with E-state index in [4.69, 9.17) is 5.26 Å². The van der Waals surface area contributed by atoms with Crippen molar-refractivity contribution in [1.82, 2.24) is 0 Å². The molecule has 0 radical (unpaired) electrons. The zero-order valence-corrected chi connectivity index (χ0v) is 14.1. The van der Waals surface area contributed by atoms with Crippen molar-refractivity contribution in [3.05, 3.63) is 95.3 Å². The van der Waals surface area contributed by atoms with Gasteiger partial charge < -0.3 is 10.6 Å².